The van der Waals surface area contributed by atoms with E-state index in [4.69, 9.17) is 12.7 Å². The van der Waals surface area contributed by atoms with Crippen LogP contribution < -0.4 is 31.1 Å². The molecule has 0 bridgehead atoms. The Balaban J connectivity index is 1.68. The summed E-state index contributed by atoms with van der Waals surface area (Å²) in [5.74, 6) is 0. The van der Waals surface area contributed by atoms with Gasteiger partial charge in [-0.15, -0.1) is 0 Å². The van der Waals surface area contributed by atoms with Crippen molar-refractivity contribution in [1.29, 1.82) is 0 Å². The second-order valence-corrected chi connectivity index (χ2v) is 20.9. The Morgan fingerprint density at radius 1 is 0.318 bits per heavy atom. The summed E-state index contributed by atoms with van der Waals surface area (Å²) in [5, 5.41) is 6.51. The van der Waals surface area contributed by atoms with E-state index in [9.17, 15) is 0 Å². The van der Waals surface area contributed by atoms with Crippen LogP contribution in [0.4, 0.5) is 0 Å². The van der Waals surface area contributed by atoms with E-state index in [0.717, 1.165) is 20.7 Å². The molecule has 0 unspecified atom stereocenters. The highest BCUT2D eigenvalue weighted by Gasteiger charge is 2.57. The molecule has 6 aromatic carbocycles. The van der Waals surface area contributed by atoms with Crippen molar-refractivity contribution in [2.45, 2.75) is 6.55 Å². The van der Waals surface area contributed by atoms with Crippen molar-refractivity contribution in [3.05, 3.63) is 182 Å². The zero-order valence-electron chi connectivity index (χ0n) is 25.0. The van der Waals surface area contributed by atoms with Gasteiger partial charge in [0.05, 0.1) is 0 Å². The van der Waals surface area contributed by atoms with Crippen LogP contribution in [0, 0.1) is 0 Å². The summed E-state index contributed by atoms with van der Waals surface area (Å²) in [5.41, 5.74) is 0. The molecular formula is C38H36O3Si3. The molecule has 0 atom stereocenters. The Labute approximate surface area is 264 Å². The molecule has 0 radical (unpaired) electrons. The lowest BCUT2D eigenvalue weighted by Gasteiger charge is -2.45. The molecule has 218 valence electrons. The zero-order chi connectivity index (χ0) is 30.3. The predicted octanol–water partition coefficient (Wildman–Crippen LogP) is 4.57. The molecule has 6 rings (SSSR count). The normalized spacial score (nSPS) is 12.1. The van der Waals surface area contributed by atoms with Crippen LogP contribution in [0.2, 0.25) is 6.55 Å². The first-order chi connectivity index (χ1) is 21.6. The summed E-state index contributed by atoms with van der Waals surface area (Å²) in [6.07, 6.45) is 0. The van der Waals surface area contributed by atoms with Crippen LogP contribution in [-0.2, 0) is 12.7 Å². The molecule has 0 fully saturated rings. The van der Waals surface area contributed by atoms with E-state index in [-0.39, 0.29) is 0 Å². The smallest absolute Gasteiger partial charge is 0.398 e. The molecule has 0 aliphatic carbocycles. The van der Waals surface area contributed by atoms with Gasteiger partial charge >= 0.3 is 17.1 Å². The topological polar surface area (TPSA) is 27.7 Å². The number of benzene rings is 6. The Morgan fingerprint density at radius 2 is 0.568 bits per heavy atom. The van der Waals surface area contributed by atoms with Crippen molar-refractivity contribution in [3.8, 4) is 0 Å². The third-order valence-corrected chi connectivity index (χ3v) is 21.1. The molecule has 0 aliphatic rings. The van der Waals surface area contributed by atoms with Crippen molar-refractivity contribution in [3.63, 3.8) is 0 Å². The maximum absolute atomic E-state index is 7.98. The van der Waals surface area contributed by atoms with Crippen molar-refractivity contribution in [2.75, 3.05) is 7.11 Å². The fraction of sp³-hybridized carbons (Fsp3) is 0.0526. The molecule has 0 saturated carbocycles. The van der Waals surface area contributed by atoms with Crippen molar-refractivity contribution < 1.29 is 12.7 Å². The maximum atomic E-state index is 7.98. The van der Waals surface area contributed by atoms with Gasteiger partial charge in [0.2, 0.25) is 8.32 Å². The van der Waals surface area contributed by atoms with Gasteiger partial charge in [-0.25, -0.2) is 0 Å². The van der Waals surface area contributed by atoms with E-state index >= 15 is 0 Å². The van der Waals surface area contributed by atoms with Gasteiger partial charge in [-0.3, -0.25) is 0 Å². The SMILES string of the molecule is CO[Si](O[Si](O[Si](C)(c1ccccc1)c1ccccc1)(c1ccccc1)c1ccccc1)(c1ccccc1)c1ccccc1. The highest BCUT2D eigenvalue weighted by molar-refractivity contribution is 7.10. The standard InChI is InChI=1S/C38H36O3Si3/c1-39-43(35-25-13-5-14-26-35,36-27-15-6-16-28-36)41-44(37-29-17-7-18-30-37,38-31-19-8-20-32-38)40-42(2,33-21-9-3-10-22-33)34-23-11-4-12-24-34/h3-32H,1-2H3. The summed E-state index contributed by atoms with van der Waals surface area (Å²) in [7, 11) is -8.07. The van der Waals surface area contributed by atoms with Gasteiger partial charge in [0, 0.05) is 7.11 Å². The molecular weight excluding hydrogens is 589 g/mol. The first kappa shape index (κ1) is 29.9. The van der Waals surface area contributed by atoms with Crippen LogP contribution in [0.15, 0.2) is 182 Å². The zero-order valence-corrected chi connectivity index (χ0v) is 28.0. The van der Waals surface area contributed by atoms with Gasteiger partial charge in [-0.2, -0.15) is 0 Å². The molecule has 0 aromatic heterocycles. The summed E-state index contributed by atoms with van der Waals surface area (Å²) in [4.78, 5) is 0. The van der Waals surface area contributed by atoms with E-state index in [1.165, 1.54) is 10.4 Å². The molecule has 44 heavy (non-hydrogen) atoms. The Kier molecular flexibility index (Phi) is 8.99. The molecule has 0 amide bonds. The maximum Gasteiger partial charge on any atom is 0.398 e. The number of rotatable bonds is 11. The molecule has 0 aliphatic heterocycles. The fourth-order valence-electron chi connectivity index (χ4n) is 5.90. The Hall–Kier alpha value is -4.15. The monoisotopic (exact) mass is 624 g/mol. The minimum absolute atomic E-state index is 1.03. The predicted molar refractivity (Wildman–Crippen MR) is 189 cm³/mol. The quantitative estimate of drug-likeness (QED) is 0.198. The average molecular weight is 625 g/mol. The van der Waals surface area contributed by atoms with Gasteiger partial charge in [-0.05, 0) is 37.7 Å². The minimum Gasteiger partial charge on any atom is -0.422 e. The van der Waals surface area contributed by atoms with E-state index in [2.05, 4.69) is 164 Å². The van der Waals surface area contributed by atoms with Crippen molar-refractivity contribution in [2.24, 2.45) is 0 Å². The van der Waals surface area contributed by atoms with Crippen LogP contribution in [0.5, 0.6) is 0 Å². The van der Waals surface area contributed by atoms with E-state index in [1.54, 1.807) is 7.11 Å². The highest BCUT2D eigenvalue weighted by Crippen LogP contribution is 2.23. The fourth-order valence-corrected chi connectivity index (χ4v) is 20.1. The second-order valence-electron chi connectivity index (χ2n) is 10.9. The minimum atomic E-state index is -3.57. The third-order valence-electron chi connectivity index (χ3n) is 8.19. The van der Waals surface area contributed by atoms with Gasteiger partial charge in [-0.1, -0.05) is 182 Å². The summed E-state index contributed by atoms with van der Waals surface area (Å²) < 4.78 is 22.6. The second kappa shape index (κ2) is 13.2. The summed E-state index contributed by atoms with van der Waals surface area (Å²) in [6.45, 7) is 2.30. The lowest BCUT2D eigenvalue weighted by atomic mass is 10.4. The lowest BCUT2D eigenvalue weighted by Crippen LogP contribution is -2.79. The largest absolute Gasteiger partial charge is 0.422 e. The van der Waals surface area contributed by atoms with Crippen LogP contribution in [0.3, 0.4) is 0 Å². The molecule has 0 heterocycles. The average Bonchev–Trinajstić information content (AvgIpc) is 3.12. The van der Waals surface area contributed by atoms with Gasteiger partial charge in [0.1, 0.15) is 0 Å². The van der Waals surface area contributed by atoms with Gasteiger partial charge in [0.15, 0.2) is 0 Å². The van der Waals surface area contributed by atoms with Crippen LogP contribution in [0.25, 0.3) is 0 Å². The third kappa shape index (κ3) is 5.71. The van der Waals surface area contributed by atoms with E-state index in [1.807, 2.05) is 24.3 Å². The lowest BCUT2D eigenvalue weighted by molar-refractivity contribution is 0.302. The van der Waals surface area contributed by atoms with Crippen LogP contribution in [-0.4, -0.2) is 32.5 Å². The van der Waals surface area contributed by atoms with Crippen LogP contribution in [0.1, 0.15) is 0 Å². The first-order valence-corrected chi connectivity index (χ1v) is 20.9. The van der Waals surface area contributed by atoms with E-state index in [0.29, 0.717) is 0 Å². The Morgan fingerprint density at radius 3 is 0.841 bits per heavy atom. The van der Waals surface area contributed by atoms with Crippen molar-refractivity contribution >= 4 is 56.6 Å². The molecule has 3 nitrogen and oxygen atoms in total. The molecule has 0 saturated heterocycles. The van der Waals surface area contributed by atoms with Crippen molar-refractivity contribution in [1.82, 2.24) is 0 Å². The molecule has 6 heteroatoms. The van der Waals surface area contributed by atoms with Gasteiger partial charge in [0.25, 0.3) is 0 Å². The molecule has 6 aromatic rings. The molecule has 0 N–H and O–H groups in total. The van der Waals surface area contributed by atoms with Gasteiger partial charge < -0.3 is 12.7 Å². The summed E-state index contributed by atoms with van der Waals surface area (Å²) in [6, 6.07) is 63.2. The number of hydrogen-bond acceptors (Lipinski definition) is 3. The molecule has 0 spiro atoms. The van der Waals surface area contributed by atoms with Crippen LogP contribution >= 0.6 is 0 Å². The number of hydrogen-bond donors (Lipinski definition) is 0. The Bertz CT molecular complexity index is 1620. The first-order valence-electron chi connectivity index (χ1n) is 14.9. The summed E-state index contributed by atoms with van der Waals surface area (Å²) >= 11 is 0. The van der Waals surface area contributed by atoms with E-state index < -0.39 is 25.4 Å². The highest BCUT2D eigenvalue weighted by atomic mass is 28.5.